The van der Waals surface area contributed by atoms with Gasteiger partial charge in [-0.2, -0.15) is 0 Å². The van der Waals surface area contributed by atoms with Gasteiger partial charge in [-0.15, -0.1) is 0 Å². The predicted octanol–water partition coefficient (Wildman–Crippen LogP) is 3.46. The van der Waals surface area contributed by atoms with Crippen molar-refractivity contribution in [3.05, 3.63) is 38.4 Å². The maximum Gasteiger partial charge on any atom is 0.317 e. The molecular weight excluding hydrogens is 252 g/mol. The lowest BCUT2D eigenvalue weighted by Gasteiger charge is -2.06. The van der Waals surface area contributed by atoms with Gasteiger partial charge >= 0.3 is 5.69 Å². The zero-order valence-corrected chi connectivity index (χ0v) is 10.7. The van der Waals surface area contributed by atoms with E-state index in [1.54, 1.807) is 0 Å². The van der Waals surface area contributed by atoms with Crippen LogP contribution in [0, 0.1) is 20.2 Å². The molecule has 0 unspecified atom stereocenters. The first-order valence-corrected chi connectivity index (χ1v) is 6.12. The Bertz CT molecular complexity index is 461. The molecule has 0 saturated carbocycles. The van der Waals surface area contributed by atoms with E-state index in [1.807, 2.05) is 0 Å². The number of non-ortho nitro benzene ring substituents is 1. The third-order valence-electron chi connectivity index (χ3n) is 2.61. The van der Waals surface area contributed by atoms with Crippen molar-refractivity contribution in [2.24, 2.45) is 0 Å². The van der Waals surface area contributed by atoms with E-state index in [4.69, 9.17) is 4.74 Å². The molecule has 0 fully saturated rings. The zero-order chi connectivity index (χ0) is 14.3. The Labute approximate surface area is 110 Å². The van der Waals surface area contributed by atoms with Gasteiger partial charge in [-0.05, 0) is 12.5 Å². The molecule has 0 aromatic heterocycles. The second kappa shape index (κ2) is 7.30. The van der Waals surface area contributed by atoms with Gasteiger partial charge in [0.15, 0.2) is 5.75 Å². The number of nitro benzene ring substituents is 2. The monoisotopic (exact) mass is 268 g/mol. The quantitative estimate of drug-likeness (QED) is 0.408. The molecular formula is C12H16N2O5. The molecule has 0 N–H and O–H groups in total. The zero-order valence-electron chi connectivity index (χ0n) is 10.7. The summed E-state index contributed by atoms with van der Waals surface area (Å²) in [5.74, 6) is 0.0760. The molecule has 0 bridgehead atoms. The molecule has 0 saturated heterocycles. The number of hydrogen-bond acceptors (Lipinski definition) is 5. The molecule has 0 atom stereocenters. The molecule has 0 heterocycles. The average Bonchev–Trinajstić information content (AvgIpc) is 2.38. The first-order valence-electron chi connectivity index (χ1n) is 6.12. The summed E-state index contributed by atoms with van der Waals surface area (Å²) in [6.07, 6.45) is 3.99. The molecule has 0 amide bonds. The van der Waals surface area contributed by atoms with Gasteiger partial charge in [0.05, 0.1) is 22.5 Å². The third kappa shape index (κ3) is 4.53. The highest BCUT2D eigenvalue weighted by Crippen LogP contribution is 2.31. The van der Waals surface area contributed by atoms with E-state index < -0.39 is 9.85 Å². The van der Waals surface area contributed by atoms with E-state index in [1.165, 1.54) is 12.1 Å². The summed E-state index contributed by atoms with van der Waals surface area (Å²) in [7, 11) is 0. The molecule has 1 aromatic carbocycles. The Morgan fingerprint density at radius 2 is 1.84 bits per heavy atom. The Hall–Kier alpha value is -2.18. The maximum atomic E-state index is 10.8. The van der Waals surface area contributed by atoms with E-state index in [9.17, 15) is 20.2 Å². The van der Waals surface area contributed by atoms with Crippen LogP contribution in [0.2, 0.25) is 0 Å². The number of hydrogen-bond donors (Lipinski definition) is 0. The van der Waals surface area contributed by atoms with E-state index >= 15 is 0 Å². The normalized spacial score (nSPS) is 10.2. The van der Waals surface area contributed by atoms with Gasteiger partial charge in [-0.25, -0.2) is 0 Å². The highest BCUT2D eigenvalue weighted by Gasteiger charge is 2.20. The van der Waals surface area contributed by atoms with Crippen molar-refractivity contribution in [2.45, 2.75) is 32.6 Å². The van der Waals surface area contributed by atoms with Gasteiger partial charge in [0.25, 0.3) is 5.69 Å². The Kier molecular flexibility index (Phi) is 5.72. The molecule has 104 valence electrons. The van der Waals surface area contributed by atoms with Crippen molar-refractivity contribution in [1.29, 1.82) is 0 Å². The minimum absolute atomic E-state index is 0.0760. The van der Waals surface area contributed by atoms with Crippen LogP contribution in [0.5, 0.6) is 5.75 Å². The summed E-state index contributed by atoms with van der Waals surface area (Å²) in [4.78, 5) is 20.1. The van der Waals surface area contributed by atoms with Crippen molar-refractivity contribution < 1.29 is 14.6 Å². The second-order valence-electron chi connectivity index (χ2n) is 4.08. The SMILES string of the molecule is CCCCCCOc1ccc([N+](=O)[O-])cc1[N+](=O)[O-]. The van der Waals surface area contributed by atoms with Crippen LogP contribution in [0.25, 0.3) is 0 Å². The summed E-state index contributed by atoms with van der Waals surface area (Å²) >= 11 is 0. The summed E-state index contributed by atoms with van der Waals surface area (Å²) in [6.45, 7) is 2.46. The summed E-state index contributed by atoms with van der Waals surface area (Å²) in [6, 6.07) is 3.39. The van der Waals surface area contributed by atoms with Gasteiger partial charge in [0, 0.05) is 6.07 Å². The van der Waals surface area contributed by atoms with Crippen LogP contribution in [0.15, 0.2) is 18.2 Å². The molecule has 1 rings (SSSR count). The fraction of sp³-hybridized carbons (Fsp3) is 0.500. The van der Waals surface area contributed by atoms with E-state index in [0.717, 1.165) is 31.7 Å². The van der Waals surface area contributed by atoms with Crippen LogP contribution in [0.1, 0.15) is 32.6 Å². The van der Waals surface area contributed by atoms with Crippen LogP contribution >= 0.6 is 0 Å². The number of nitrogens with zero attached hydrogens (tertiary/aromatic N) is 2. The Balaban J connectivity index is 2.71. The number of ether oxygens (including phenoxy) is 1. The highest BCUT2D eigenvalue weighted by atomic mass is 16.6. The molecule has 1 aromatic rings. The number of rotatable bonds is 8. The van der Waals surface area contributed by atoms with Crippen molar-refractivity contribution in [1.82, 2.24) is 0 Å². The van der Waals surface area contributed by atoms with Gasteiger partial charge < -0.3 is 4.74 Å². The van der Waals surface area contributed by atoms with Gasteiger partial charge in [-0.1, -0.05) is 26.2 Å². The predicted molar refractivity (Wildman–Crippen MR) is 69.4 cm³/mol. The van der Waals surface area contributed by atoms with Crippen LogP contribution in [-0.4, -0.2) is 16.5 Å². The minimum Gasteiger partial charge on any atom is -0.487 e. The summed E-state index contributed by atoms with van der Waals surface area (Å²) in [5, 5.41) is 21.4. The van der Waals surface area contributed by atoms with Crippen LogP contribution in [0.3, 0.4) is 0 Å². The topological polar surface area (TPSA) is 95.5 Å². The lowest BCUT2D eigenvalue weighted by molar-refractivity contribution is -0.394. The smallest absolute Gasteiger partial charge is 0.317 e. The van der Waals surface area contributed by atoms with Crippen molar-refractivity contribution in [2.75, 3.05) is 6.61 Å². The lowest BCUT2D eigenvalue weighted by atomic mass is 10.2. The number of unbranched alkanes of at least 4 members (excludes halogenated alkanes) is 3. The lowest BCUT2D eigenvalue weighted by Crippen LogP contribution is -2.01. The van der Waals surface area contributed by atoms with Crippen LogP contribution in [0.4, 0.5) is 11.4 Å². The van der Waals surface area contributed by atoms with E-state index in [2.05, 4.69) is 6.92 Å². The molecule has 0 aliphatic rings. The maximum absolute atomic E-state index is 10.8. The Morgan fingerprint density at radius 1 is 1.11 bits per heavy atom. The average molecular weight is 268 g/mol. The van der Waals surface area contributed by atoms with E-state index in [0.29, 0.717) is 6.61 Å². The molecule has 19 heavy (non-hydrogen) atoms. The van der Waals surface area contributed by atoms with Gasteiger partial charge in [0.1, 0.15) is 0 Å². The number of nitro groups is 2. The number of benzene rings is 1. The van der Waals surface area contributed by atoms with Crippen molar-refractivity contribution >= 4 is 11.4 Å². The second-order valence-corrected chi connectivity index (χ2v) is 4.08. The van der Waals surface area contributed by atoms with Crippen molar-refractivity contribution in [3.63, 3.8) is 0 Å². The van der Waals surface area contributed by atoms with Crippen LogP contribution in [-0.2, 0) is 0 Å². The van der Waals surface area contributed by atoms with Gasteiger partial charge in [-0.3, -0.25) is 20.2 Å². The molecule has 0 aliphatic carbocycles. The fourth-order valence-electron chi connectivity index (χ4n) is 1.60. The van der Waals surface area contributed by atoms with Crippen LogP contribution < -0.4 is 4.74 Å². The van der Waals surface area contributed by atoms with Gasteiger partial charge in [0.2, 0.25) is 0 Å². The largest absolute Gasteiger partial charge is 0.487 e. The first kappa shape index (κ1) is 14.9. The molecule has 0 spiro atoms. The first-order chi connectivity index (χ1) is 9.06. The molecule has 7 nitrogen and oxygen atoms in total. The highest BCUT2D eigenvalue weighted by molar-refractivity contribution is 5.53. The summed E-state index contributed by atoms with van der Waals surface area (Å²) in [5.41, 5.74) is -0.685. The Morgan fingerprint density at radius 3 is 2.42 bits per heavy atom. The molecule has 7 heteroatoms. The fourth-order valence-corrected chi connectivity index (χ4v) is 1.60. The minimum atomic E-state index is -0.672. The van der Waals surface area contributed by atoms with Crippen molar-refractivity contribution in [3.8, 4) is 5.75 Å². The summed E-state index contributed by atoms with van der Waals surface area (Å²) < 4.78 is 5.32. The molecule has 0 aliphatic heterocycles. The van der Waals surface area contributed by atoms with E-state index in [-0.39, 0.29) is 17.1 Å². The third-order valence-corrected chi connectivity index (χ3v) is 2.61. The molecule has 0 radical (unpaired) electrons. The standard InChI is InChI=1S/C12H16N2O5/c1-2-3-4-5-8-19-12-7-6-10(13(15)16)9-11(12)14(17)18/h6-7,9H,2-5,8H2,1H3.